The van der Waals surface area contributed by atoms with E-state index < -0.39 is 6.03 Å². The lowest BCUT2D eigenvalue weighted by atomic mass is 10.1. The molecule has 0 aliphatic rings. The average molecular weight is 294 g/mol. The first-order valence-electron chi connectivity index (χ1n) is 6.80. The Kier molecular flexibility index (Phi) is 3.82. The van der Waals surface area contributed by atoms with E-state index in [0.717, 1.165) is 16.6 Å². The molecule has 0 bridgehead atoms. The number of aromatic amines is 1. The molecule has 3 N–H and O–H groups in total. The number of hydrogen-bond acceptors (Lipinski definition) is 3. The number of amides is 3. The average Bonchev–Trinajstić information content (AvgIpc) is 2.89. The molecule has 1 aromatic heterocycles. The molecule has 6 nitrogen and oxygen atoms in total. The molecule has 22 heavy (non-hydrogen) atoms. The van der Waals surface area contributed by atoms with Gasteiger partial charge in [-0.15, -0.1) is 0 Å². The third-order valence-electron chi connectivity index (χ3n) is 3.08. The molecular weight excluding hydrogens is 280 g/mol. The number of urea groups is 1. The summed E-state index contributed by atoms with van der Waals surface area (Å²) in [5.41, 5.74) is 2.40. The van der Waals surface area contributed by atoms with E-state index in [-0.39, 0.29) is 12.3 Å². The van der Waals surface area contributed by atoms with E-state index in [0.29, 0.717) is 5.95 Å². The number of nitrogens with one attached hydrogen (secondary N) is 3. The van der Waals surface area contributed by atoms with Gasteiger partial charge in [-0.25, -0.2) is 9.78 Å². The summed E-state index contributed by atoms with van der Waals surface area (Å²) >= 11 is 0. The Hall–Kier alpha value is -3.15. The van der Waals surface area contributed by atoms with Crippen LogP contribution in [-0.4, -0.2) is 21.9 Å². The molecule has 2 aromatic carbocycles. The number of benzene rings is 2. The number of imidazole rings is 1. The highest BCUT2D eigenvalue weighted by molar-refractivity contribution is 6.01. The molecule has 3 rings (SSSR count). The van der Waals surface area contributed by atoms with Crippen molar-refractivity contribution in [1.29, 1.82) is 0 Å². The number of imide groups is 1. The van der Waals surface area contributed by atoms with Gasteiger partial charge in [0.25, 0.3) is 0 Å². The minimum Gasteiger partial charge on any atom is -0.324 e. The van der Waals surface area contributed by atoms with Crippen LogP contribution in [0.5, 0.6) is 0 Å². The SMILES string of the molecule is O=C(Cc1ccccc1)NC(=O)Nc1nc2ccccc2[nH]1. The number of fused-ring (bicyclic) bond motifs is 1. The van der Waals surface area contributed by atoms with E-state index in [1.807, 2.05) is 54.6 Å². The van der Waals surface area contributed by atoms with Gasteiger partial charge in [-0.2, -0.15) is 0 Å². The minimum atomic E-state index is -0.611. The Balaban J connectivity index is 1.59. The molecule has 3 aromatic rings. The summed E-state index contributed by atoms with van der Waals surface area (Å²) in [6.07, 6.45) is 0.147. The van der Waals surface area contributed by atoms with Crippen molar-refractivity contribution in [2.45, 2.75) is 6.42 Å². The molecule has 0 saturated heterocycles. The molecule has 0 spiro atoms. The van der Waals surface area contributed by atoms with Crippen molar-refractivity contribution in [2.75, 3.05) is 5.32 Å². The molecule has 6 heteroatoms. The fourth-order valence-electron chi connectivity index (χ4n) is 2.10. The van der Waals surface area contributed by atoms with Crippen LogP contribution in [0.4, 0.5) is 10.7 Å². The lowest BCUT2D eigenvalue weighted by Gasteiger charge is -2.04. The number of anilines is 1. The number of carbonyl (C=O) groups is 2. The third kappa shape index (κ3) is 3.29. The third-order valence-corrected chi connectivity index (χ3v) is 3.08. The van der Waals surface area contributed by atoms with Gasteiger partial charge in [0, 0.05) is 0 Å². The topological polar surface area (TPSA) is 86.9 Å². The van der Waals surface area contributed by atoms with Crippen molar-refractivity contribution >= 4 is 28.9 Å². The summed E-state index contributed by atoms with van der Waals surface area (Å²) in [6, 6.07) is 16.0. The smallest absolute Gasteiger partial charge is 0.324 e. The van der Waals surface area contributed by atoms with Crippen LogP contribution < -0.4 is 10.6 Å². The highest BCUT2D eigenvalue weighted by Crippen LogP contribution is 2.12. The van der Waals surface area contributed by atoms with Gasteiger partial charge in [0.2, 0.25) is 11.9 Å². The zero-order valence-corrected chi connectivity index (χ0v) is 11.7. The Morgan fingerprint density at radius 3 is 2.50 bits per heavy atom. The quantitative estimate of drug-likeness (QED) is 0.693. The summed E-state index contributed by atoms with van der Waals surface area (Å²) < 4.78 is 0. The maximum absolute atomic E-state index is 11.8. The van der Waals surface area contributed by atoms with E-state index in [2.05, 4.69) is 20.6 Å². The zero-order valence-electron chi connectivity index (χ0n) is 11.7. The number of para-hydroxylation sites is 2. The van der Waals surface area contributed by atoms with Crippen molar-refractivity contribution in [2.24, 2.45) is 0 Å². The summed E-state index contributed by atoms with van der Waals surface area (Å²) in [4.78, 5) is 30.7. The predicted molar refractivity (Wildman–Crippen MR) is 83.4 cm³/mol. The van der Waals surface area contributed by atoms with Crippen molar-refractivity contribution in [3.8, 4) is 0 Å². The molecule has 0 aliphatic heterocycles. The van der Waals surface area contributed by atoms with Gasteiger partial charge >= 0.3 is 6.03 Å². The van der Waals surface area contributed by atoms with Gasteiger partial charge in [0.1, 0.15) is 0 Å². The number of nitrogens with zero attached hydrogens (tertiary/aromatic N) is 1. The van der Waals surface area contributed by atoms with E-state index >= 15 is 0 Å². The highest BCUT2D eigenvalue weighted by Gasteiger charge is 2.10. The maximum atomic E-state index is 11.8. The summed E-state index contributed by atoms with van der Waals surface area (Å²) in [5, 5.41) is 4.78. The minimum absolute atomic E-state index is 0.147. The van der Waals surface area contributed by atoms with Gasteiger partial charge in [-0.1, -0.05) is 42.5 Å². The molecule has 0 atom stereocenters. The lowest BCUT2D eigenvalue weighted by molar-refractivity contribution is -0.119. The molecule has 0 aliphatic carbocycles. The van der Waals surface area contributed by atoms with E-state index in [1.54, 1.807) is 0 Å². The molecule has 0 fully saturated rings. The highest BCUT2D eigenvalue weighted by atomic mass is 16.2. The van der Waals surface area contributed by atoms with Gasteiger partial charge in [0.15, 0.2) is 0 Å². The molecule has 0 radical (unpaired) electrons. The first-order valence-corrected chi connectivity index (χ1v) is 6.80. The summed E-state index contributed by atoms with van der Waals surface area (Å²) in [7, 11) is 0. The monoisotopic (exact) mass is 294 g/mol. The number of aromatic nitrogens is 2. The molecule has 0 unspecified atom stereocenters. The Labute approximate surface area is 126 Å². The summed E-state index contributed by atoms with van der Waals surface area (Å²) in [6.45, 7) is 0. The van der Waals surface area contributed by atoms with E-state index in [4.69, 9.17) is 0 Å². The number of carbonyl (C=O) groups excluding carboxylic acids is 2. The molecule has 3 amide bonds. The van der Waals surface area contributed by atoms with Gasteiger partial charge < -0.3 is 4.98 Å². The fourth-order valence-corrected chi connectivity index (χ4v) is 2.10. The number of rotatable bonds is 3. The second kappa shape index (κ2) is 6.09. The Morgan fingerprint density at radius 1 is 1.00 bits per heavy atom. The van der Waals surface area contributed by atoms with Gasteiger partial charge in [0.05, 0.1) is 17.5 Å². The maximum Gasteiger partial charge on any atom is 0.328 e. The normalized spacial score (nSPS) is 10.4. The lowest BCUT2D eigenvalue weighted by Crippen LogP contribution is -2.35. The van der Waals surface area contributed by atoms with Gasteiger partial charge in [-0.05, 0) is 17.7 Å². The van der Waals surface area contributed by atoms with E-state index in [1.165, 1.54) is 0 Å². The largest absolute Gasteiger partial charge is 0.328 e. The van der Waals surface area contributed by atoms with Crippen LogP contribution in [0.1, 0.15) is 5.56 Å². The number of hydrogen-bond donors (Lipinski definition) is 3. The van der Waals surface area contributed by atoms with Crippen LogP contribution in [0.3, 0.4) is 0 Å². The van der Waals surface area contributed by atoms with Crippen LogP contribution in [0.2, 0.25) is 0 Å². The molecular formula is C16H14N4O2. The zero-order chi connectivity index (χ0) is 15.4. The molecule has 0 saturated carbocycles. The first-order chi connectivity index (χ1) is 10.7. The standard InChI is InChI=1S/C16H14N4O2/c21-14(10-11-6-2-1-3-7-11)19-16(22)20-15-17-12-8-4-5-9-13(12)18-15/h1-9H,10H2,(H3,17,18,19,20,21,22). The van der Waals surface area contributed by atoms with Crippen LogP contribution >= 0.6 is 0 Å². The second-order valence-corrected chi connectivity index (χ2v) is 4.77. The predicted octanol–water partition coefficient (Wildman–Crippen LogP) is 2.45. The van der Waals surface area contributed by atoms with Crippen LogP contribution in [0.25, 0.3) is 11.0 Å². The molecule has 110 valence electrons. The van der Waals surface area contributed by atoms with Crippen molar-refractivity contribution in [1.82, 2.24) is 15.3 Å². The van der Waals surface area contributed by atoms with Crippen molar-refractivity contribution in [3.05, 3.63) is 60.2 Å². The second-order valence-electron chi connectivity index (χ2n) is 4.77. The van der Waals surface area contributed by atoms with Crippen molar-refractivity contribution < 1.29 is 9.59 Å². The van der Waals surface area contributed by atoms with Crippen LogP contribution in [-0.2, 0) is 11.2 Å². The first kappa shape index (κ1) is 13.8. The van der Waals surface area contributed by atoms with Crippen LogP contribution in [0, 0.1) is 0 Å². The summed E-state index contributed by atoms with van der Waals surface area (Å²) in [5.74, 6) is -0.0778. The fraction of sp³-hybridized carbons (Fsp3) is 0.0625. The Bertz CT molecular complexity index is 778. The Morgan fingerprint density at radius 2 is 1.73 bits per heavy atom. The number of H-pyrrole nitrogens is 1. The van der Waals surface area contributed by atoms with Crippen LogP contribution in [0.15, 0.2) is 54.6 Å². The van der Waals surface area contributed by atoms with Crippen molar-refractivity contribution in [3.63, 3.8) is 0 Å². The van der Waals surface area contributed by atoms with E-state index in [9.17, 15) is 9.59 Å². The molecule has 1 heterocycles. The van der Waals surface area contributed by atoms with Gasteiger partial charge in [-0.3, -0.25) is 15.4 Å².